The average molecular weight is 472 g/mol. The number of ether oxygens (including phenoxy) is 3. The molecule has 0 aliphatic carbocycles. The van der Waals surface area contributed by atoms with Crippen LogP contribution >= 0.6 is 11.6 Å². The van der Waals surface area contributed by atoms with E-state index in [9.17, 15) is 22.4 Å². The van der Waals surface area contributed by atoms with Gasteiger partial charge in [0.05, 0.1) is 12.5 Å². The van der Waals surface area contributed by atoms with Crippen LogP contribution < -0.4 is 9.47 Å². The van der Waals surface area contributed by atoms with E-state index in [2.05, 4.69) is 9.72 Å². The highest BCUT2D eigenvalue weighted by molar-refractivity contribution is 6.31. The first-order chi connectivity index (χ1) is 15.2. The molecule has 0 aliphatic heterocycles. The van der Waals surface area contributed by atoms with Gasteiger partial charge in [-0.1, -0.05) is 24.6 Å². The van der Waals surface area contributed by atoms with Crippen LogP contribution in [0.5, 0.6) is 11.5 Å². The fourth-order valence-corrected chi connectivity index (χ4v) is 3.46. The number of hydrogen-bond donors (Lipinski definition) is 0. The van der Waals surface area contributed by atoms with E-state index in [0.29, 0.717) is 5.56 Å². The first-order valence-electron chi connectivity index (χ1n) is 9.47. The van der Waals surface area contributed by atoms with Gasteiger partial charge in [0.2, 0.25) is 0 Å². The van der Waals surface area contributed by atoms with Gasteiger partial charge in [-0.25, -0.2) is 18.6 Å². The number of carbonyl (C=O) groups excluding carboxylic acids is 1. The SMILES string of the molecule is CCc1nc2c(F)ccc(OCC(=O)OC)c2c(OC(F)F)c1Cc1ccc(F)cc1Cl. The highest BCUT2D eigenvalue weighted by Crippen LogP contribution is 2.41. The monoisotopic (exact) mass is 471 g/mol. The van der Waals surface area contributed by atoms with Crippen molar-refractivity contribution in [3.63, 3.8) is 0 Å². The lowest BCUT2D eigenvalue weighted by atomic mass is 9.98. The molecule has 0 aliphatic rings. The Morgan fingerprint density at radius 3 is 2.56 bits per heavy atom. The zero-order valence-corrected chi connectivity index (χ0v) is 17.8. The summed E-state index contributed by atoms with van der Waals surface area (Å²) in [6.07, 6.45) is 0.219. The van der Waals surface area contributed by atoms with E-state index in [4.69, 9.17) is 21.1 Å². The lowest BCUT2D eigenvalue weighted by Crippen LogP contribution is -2.14. The van der Waals surface area contributed by atoms with Crippen LogP contribution in [0.4, 0.5) is 17.6 Å². The maximum atomic E-state index is 14.6. The molecule has 1 heterocycles. The number of aryl methyl sites for hydroxylation is 1. The largest absolute Gasteiger partial charge is 0.481 e. The number of fused-ring (bicyclic) bond motifs is 1. The molecule has 0 atom stereocenters. The first-order valence-corrected chi connectivity index (χ1v) is 9.85. The van der Waals surface area contributed by atoms with E-state index in [-0.39, 0.29) is 51.5 Å². The van der Waals surface area contributed by atoms with Crippen molar-refractivity contribution in [1.29, 1.82) is 0 Å². The van der Waals surface area contributed by atoms with Crippen LogP contribution in [0.15, 0.2) is 30.3 Å². The second-order valence-corrected chi connectivity index (χ2v) is 7.05. The number of pyridine rings is 1. The molecule has 0 radical (unpaired) electrons. The molecule has 1 aromatic heterocycles. The summed E-state index contributed by atoms with van der Waals surface area (Å²) in [7, 11) is 1.15. The molecular weight excluding hydrogens is 454 g/mol. The van der Waals surface area contributed by atoms with Gasteiger partial charge in [0.1, 0.15) is 28.7 Å². The van der Waals surface area contributed by atoms with Crippen LogP contribution in [-0.4, -0.2) is 31.3 Å². The summed E-state index contributed by atoms with van der Waals surface area (Å²) in [6.45, 7) is -2.07. The molecule has 5 nitrogen and oxygen atoms in total. The Morgan fingerprint density at radius 2 is 1.94 bits per heavy atom. The summed E-state index contributed by atoms with van der Waals surface area (Å²) in [5.41, 5.74) is 0.671. The third kappa shape index (κ3) is 5.04. The van der Waals surface area contributed by atoms with Gasteiger partial charge in [-0.2, -0.15) is 8.78 Å². The molecule has 0 amide bonds. The van der Waals surface area contributed by atoms with Crippen molar-refractivity contribution < 1.29 is 36.6 Å². The minimum absolute atomic E-state index is 0.0414. The Balaban J connectivity index is 2.27. The second kappa shape index (κ2) is 10.0. The molecule has 170 valence electrons. The molecule has 0 saturated heterocycles. The van der Waals surface area contributed by atoms with Gasteiger partial charge < -0.3 is 14.2 Å². The molecule has 0 N–H and O–H groups in total. The summed E-state index contributed by atoms with van der Waals surface area (Å²) in [4.78, 5) is 15.8. The minimum atomic E-state index is -3.25. The molecule has 3 rings (SSSR count). The van der Waals surface area contributed by atoms with Crippen LogP contribution in [0.2, 0.25) is 5.02 Å². The number of rotatable bonds is 8. The molecule has 2 aromatic carbocycles. The quantitative estimate of drug-likeness (QED) is 0.322. The van der Waals surface area contributed by atoms with Crippen molar-refractivity contribution in [2.45, 2.75) is 26.4 Å². The molecular formula is C22H18ClF4NO4. The van der Waals surface area contributed by atoms with Gasteiger partial charge in [0.25, 0.3) is 0 Å². The first kappa shape index (κ1) is 23.6. The van der Waals surface area contributed by atoms with Gasteiger partial charge in [0.15, 0.2) is 6.61 Å². The summed E-state index contributed by atoms with van der Waals surface area (Å²) >= 11 is 6.12. The predicted molar refractivity (Wildman–Crippen MR) is 109 cm³/mol. The van der Waals surface area contributed by atoms with Crippen LogP contribution in [0, 0.1) is 11.6 Å². The van der Waals surface area contributed by atoms with Gasteiger partial charge in [-0.05, 0) is 36.2 Å². The summed E-state index contributed by atoms with van der Waals surface area (Å²) in [6, 6.07) is 5.91. The number of benzene rings is 2. The van der Waals surface area contributed by atoms with Crippen molar-refractivity contribution in [3.8, 4) is 11.5 Å². The Bertz CT molecular complexity index is 1160. The van der Waals surface area contributed by atoms with Gasteiger partial charge in [0, 0.05) is 22.7 Å². The Morgan fingerprint density at radius 1 is 1.19 bits per heavy atom. The second-order valence-electron chi connectivity index (χ2n) is 6.64. The number of halogens is 5. The maximum absolute atomic E-state index is 14.6. The van der Waals surface area contributed by atoms with E-state index in [0.717, 1.165) is 19.2 Å². The number of alkyl halides is 2. The minimum Gasteiger partial charge on any atom is -0.481 e. The van der Waals surface area contributed by atoms with E-state index in [1.807, 2.05) is 0 Å². The van der Waals surface area contributed by atoms with E-state index < -0.39 is 30.8 Å². The lowest BCUT2D eigenvalue weighted by Gasteiger charge is -2.19. The fraction of sp³-hybridized carbons (Fsp3) is 0.273. The molecule has 3 aromatic rings. The maximum Gasteiger partial charge on any atom is 0.387 e. The number of methoxy groups -OCH3 is 1. The van der Waals surface area contributed by atoms with E-state index in [1.54, 1.807) is 6.92 Å². The summed E-state index contributed by atoms with van der Waals surface area (Å²) in [5, 5.41) is -0.0869. The Kier molecular flexibility index (Phi) is 7.40. The standard InChI is InChI=1S/C22H18ClF4NO4/c1-3-16-13(8-11-4-5-12(24)9-14(11)23)21(32-22(26)27)19-17(31-10-18(29)30-2)7-6-15(25)20(19)28-16/h4-7,9,22H,3,8,10H2,1-2H3. The zero-order chi connectivity index (χ0) is 23.4. The molecule has 0 unspecified atom stereocenters. The highest BCUT2D eigenvalue weighted by Gasteiger charge is 2.24. The van der Waals surface area contributed by atoms with Crippen LogP contribution in [0.3, 0.4) is 0 Å². The topological polar surface area (TPSA) is 57.7 Å². The van der Waals surface area contributed by atoms with E-state index >= 15 is 0 Å². The zero-order valence-electron chi connectivity index (χ0n) is 17.1. The molecule has 10 heteroatoms. The van der Waals surface area contributed by atoms with Crippen molar-refractivity contribution in [3.05, 3.63) is 63.8 Å². The van der Waals surface area contributed by atoms with Crippen molar-refractivity contribution >= 4 is 28.5 Å². The Hall–Kier alpha value is -3.07. The average Bonchev–Trinajstić information content (AvgIpc) is 2.75. The van der Waals surface area contributed by atoms with Crippen LogP contribution in [0.25, 0.3) is 10.9 Å². The number of carbonyl (C=O) groups is 1. The number of aromatic nitrogens is 1. The van der Waals surface area contributed by atoms with Crippen molar-refractivity contribution in [2.24, 2.45) is 0 Å². The van der Waals surface area contributed by atoms with Gasteiger partial charge in [-0.15, -0.1) is 0 Å². The number of esters is 1. The van der Waals surface area contributed by atoms with E-state index in [1.165, 1.54) is 18.2 Å². The number of hydrogen-bond acceptors (Lipinski definition) is 5. The smallest absolute Gasteiger partial charge is 0.387 e. The molecule has 32 heavy (non-hydrogen) atoms. The van der Waals surface area contributed by atoms with Gasteiger partial charge >= 0.3 is 12.6 Å². The van der Waals surface area contributed by atoms with Crippen LogP contribution in [-0.2, 0) is 22.4 Å². The van der Waals surface area contributed by atoms with Crippen molar-refractivity contribution in [1.82, 2.24) is 4.98 Å². The number of nitrogens with zero attached hydrogens (tertiary/aromatic N) is 1. The lowest BCUT2D eigenvalue weighted by molar-refractivity contribution is -0.142. The van der Waals surface area contributed by atoms with Gasteiger partial charge in [-0.3, -0.25) is 0 Å². The molecule has 0 bridgehead atoms. The Labute approximate surface area is 185 Å². The summed E-state index contributed by atoms with van der Waals surface area (Å²) in [5.74, 6) is -2.53. The molecule has 0 fully saturated rings. The predicted octanol–water partition coefficient (Wildman–Crippen LogP) is 5.47. The molecule has 0 saturated carbocycles. The van der Waals surface area contributed by atoms with Crippen LogP contribution in [0.1, 0.15) is 23.7 Å². The fourth-order valence-electron chi connectivity index (χ4n) is 3.23. The summed E-state index contributed by atoms with van der Waals surface area (Å²) < 4.78 is 69.6. The van der Waals surface area contributed by atoms with Crippen molar-refractivity contribution in [2.75, 3.05) is 13.7 Å². The molecule has 0 spiro atoms. The normalized spacial score (nSPS) is 11.1. The third-order valence-corrected chi connectivity index (χ3v) is 5.04. The highest BCUT2D eigenvalue weighted by atomic mass is 35.5. The third-order valence-electron chi connectivity index (χ3n) is 4.68.